The predicted molar refractivity (Wildman–Crippen MR) is 78.8 cm³/mol. The van der Waals surface area contributed by atoms with E-state index in [2.05, 4.69) is 43.4 Å². The fourth-order valence-electron chi connectivity index (χ4n) is 3.23. The second-order valence-electron chi connectivity index (χ2n) is 5.69. The van der Waals surface area contributed by atoms with Crippen LogP contribution < -0.4 is 5.32 Å². The zero-order valence-corrected chi connectivity index (χ0v) is 11.9. The van der Waals surface area contributed by atoms with Gasteiger partial charge in [-0.05, 0) is 49.8 Å². The van der Waals surface area contributed by atoms with Crippen LogP contribution in [-0.2, 0) is 0 Å². The van der Waals surface area contributed by atoms with Crippen molar-refractivity contribution in [2.45, 2.75) is 58.4 Å². The van der Waals surface area contributed by atoms with Crippen LogP contribution in [0.4, 0.5) is 0 Å². The number of benzene rings is 1. The predicted octanol–water partition coefficient (Wildman–Crippen LogP) is 4.62. The van der Waals surface area contributed by atoms with Gasteiger partial charge in [-0.15, -0.1) is 0 Å². The van der Waals surface area contributed by atoms with E-state index < -0.39 is 0 Å². The molecule has 0 amide bonds. The van der Waals surface area contributed by atoms with E-state index >= 15 is 0 Å². The molecular formula is C17H27N. The molecule has 1 aromatic rings. The third-order valence-electron chi connectivity index (χ3n) is 4.26. The molecule has 2 rings (SSSR count). The Kier molecular flexibility index (Phi) is 5.25. The summed E-state index contributed by atoms with van der Waals surface area (Å²) >= 11 is 0. The van der Waals surface area contributed by atoms with Crippen LogP contribution in [0.1, 0.15) is 62.6 Å². The standard InChI is InChI=1S/C17H27N/c1-3-13-18-17(15-10-5-4-6-11-15)16-12-8-7-9-14(16)2/h7-9,12,15,17-18H,3-6,10-11,13H2,1-2H3. The SMILES string of the molecule is CCCNC(c1ccccc1C)C1CCCCC1. The first-order chi connectivity index (χ1) is 8.83. The maximum absolute atomic E-state index is 3.80. The molecule has 0 bridgehead atoms. The molecule has 1 atom stereocenters. The molecule has 1 unspecified atom stereocenters. The smallest absolute Gasteiger partial charge is 0.0351 e. The van der Waals surface area contributed by atoms with Crippen molar-refractivity contribution in [3.8, 4) is 0 Å². The van der Waals surface area contributed by atoms with Crippen LogP contribution in [0.5, 0.6) is 0 Å². The highest BCUT2D eigenvalue weighted by molar-refractivity contribution is 5.29. The quantitative estimate of drug-likeness (QED) is 0.798. The maximum Gasteiger partial charge on any atom is 0.0351 e. The molecule has 0 aliphatic heterocycles. The Morgan fingerprint density at radius 2 is 1.89 bits per heavy atom. The van der Waals surface area contributed by atoms with Crippen LogP contribution in [-0.4, -0.2) is 6.54 Å². The lowest BCUT2D eigenvalue weighted by Crippen LogP contribution is -2.30. The molecule has 1 heteroatoms. The van der Waals surface area contributed by atoms with E-state index in [9.17, 15) is 0 Å². The van der Waals surface area contributed by atoms with Crippen LogP contribution >= 0.6 is 0 Å². The molecule has 0 spiro atoms. The summed E-state index contributed by atoms with van der Waals surface area (Å²) in [5.41, 5.74) is 2.97. The Morgan fingerprint density at radius 1 is 1.17 bits per heavy atom. The molecule has 0 heterocycles. The molecule has 1 aromatic carbocycles. The first kappa shape index (κ1) is 13.6. The van der Waals surface area contributed by atoms with Crippen LogP contribution in [0.25, 0.3) is 0 Å². The largest absolute Gasteiger partial charge is 0.310 e. The summed E-state index contributed by atoms with van der Waals surface area (Å²) in [6, 6.07) is 9.48. The number of hydrogen-bond donors (Lipinski definition) is 1. The fourth-order valence-corrected chi connectivity index (χ4v) is 3.23. The molecule has 100 valence electrons. The van der Waals surface area contributed by atoms with Crippen molar-refractivity contribution in [2.75, 3.05) is 6.54 Å². The fraction of sp³-hybridized carbons (Fsp3) is 0.647. The van der Waals surface area contributed by atoms with Crippen molar-refractivity contribution >= 4 is 0 Å². The van der Waals surface area contributed by atoms with Crippen LogP contribution in [0.3, 0.4) is 0 Å². The van der Waals surface area contributed by atoms with E-state index in [4.69, 9.17) is 0 Å². The van der Waals surface area contributed by atoms with Gasteiger partial charge < -0.3 is 5.32 Å². The Bertz CT molecular complexity index is 352. The van der Waals surface area contributed by atoms with Crippen molar-refractivity contribution in [3.63, 3.8) is 0 Å². The van der Waals surface area contributed by atoms with Gasteiger partial charge in [0.25, 0.3) is 0 Å². The number of aryl methyl sites for hydroxylation is 1. The minimum Gasteiger partial charge on any atom is -0.310 e. The number of hydrogen-bond acceptors (Lipinski definition) is 1. The zero-order chi connectivity index (χ0) is 12.8. The van der Waals surface area contributed by atoms with E-state index in [1.807, 2.05) is 0 Å². The summed E-state index contributed by atoms with van der Waals surface area (Å²) in [6.07, 6.45) is 8.28. The lowest BCUT2D eigenvalue weighted by molar-refractivity contribution is 0.271. The minimum absolute atomic E-state index is 0.575. The number of rotatable bonds is 5. The van der Waals surface area contributed by atoms with Gasteiger partial charge >= 0.3 is 0 Å². The molecular weight excluding hydrogens is 218 g/mol. The highest BCUT2D eigenvalue weighted by atomic mass is 14.9. The third kappa shape index (κ3) is 3.35. The second kappa shape index (κ2) is 6.94. The molecule has 1 nitrogen and oxygen atoms in total. The summed E-state index contributed by atoms with van der Waals surface area (Å²) in [5, 5.41) is 3.80. The molecule has 1 saturated carbocycles. The van der Waals surface area contributed by atoms with Gasteiger partial charge in [0.1, 0.15) is 0 Å². The molecule has 0 aromatic heterocycles. The monoisotopic (exact) mass is 245 g/mol. The van der Waals surface area contributed by atoms with E-state index in [0.29, 0.717) is 6.04 Å². The Morgan fingerprint density at radius 3 is 2.56 bits per heavy atom. The van der Waals surface area contributed by atoms with Gasteiger partial charge in [-0.1, -0.05) is 50.5 Å². The molecule has 1 aliphatic carbocycles. The first-order valence-electron chi connectivity index (χ1n) is 7.62. The topological polar surface area (TPSA) is 12.0 Å². The summed E-state index contributed by atoms with van der Waals surface area (Å²) in [5.74, 6) is 0.839. The summed E-state index contributed by atoms with van der Waals surface area (Å²) in [7, 11) is 0. The van der Waals surface area contributed by atoms with Crippen molar-refractivity contribution in [2.24, 2.45) is 5.92 Å². The van der Waals surface area contributed by atoms with Crippen molar-refractivity contribution in [1.82, 2.24) is 5.32 Å². The molecule has 18 heavy (non-hydrogen) atoms. The van der Waals surface area contributed by atoms with Crippen LogP contribution in [0, 0.1) is 12.8 Å². The average molecular weight is 245 g/mol. The van der Waals surface area contributed by atoms with Gasteiger partial charge in [-0.25, -0.2) is 0 Å². The molecule has 0 saturated heterocycles. The van der Waals surface area contributed by atoms with Crippen molar-refractivity contribution < 1.29 is 0 Å². The van der Waals surface area contributed by atoms with Crippen molar-refractivity contribution in [3.05, 3.63) is 35.4 Å². The van der Waals surface area contributed by atoms with Gasteiger partial charge in [0.05, 0.1) is 0 Å². The summed E-state index contributed by atoms with van der Waals surface area (Å²) < 4.78 is 0. The van der Waals surface area contributed by atoms with Gasteiger partial charge in [-0.2, -0.15) is 0 Å². The summed E-state index contributed by atoms with van der Waals surface area (Å²) in [6.45, 7) is 5.64. The Hall–Kier alpha value is -0.820. The van der Waals surface area contributed by atoms with Gasteiger partial charge in [0.2, 0.25) is 0 Å². The van der Waals surface area contributed by atoms with Gasteiger partial charge in [0, 0.05) is 6.04 Å². The molecule has 1 N–H and O–H groups in total. The Balaban J connectivity index is 2.15. The third-order valence-corrected chi connectivity index (χ3v) is 4.26. The number of nitrogens with one attached hydrogen (secondary N) is 1. The second-order valence-corrected chi connectivity index (χ2v) is 5.69. The zero-order valence-electron chi connectivity index (χ0n) is 11.9. The maximum atomic E-state index is 3.80. The highest BCUT2D eigenvalue weighted by Crippen LogP contribution is 2.35. The van der Waals surface area contributed by atoms with Crippen LogP contribution in [0.2, 0.25) is 0 Å². The van der Waals surface area contributed by atoms with Crippen LogP contribution in [0.15, 0.2) is 24.3 Å². The van der Waals surface area contributed by atoms with E-state index in [1.54, 1.807) is 0 Å². The normalized spacial score (nSPS) is 18.8. The van der Waals surface area contributed by atoms with E-state index in [-0.39, 0.29) is 0 Å². The van der Waals surface area contributed by atoms with E-state index in [1.165, 1.54) is 49.7 Å². The lowest BCUT2D eigenvalue weighted by atomic mass is 9.80. The molecule has 1 fully saturated rings. The highest BCUT2D eigenvalue weighted by Gasteiger charge is 2.25. The molecule has 1 aliphatic rings. The van der Waals surface area contributed by atoms with E-state index in [0.717, 1.165) is 12.5 Å². The Labute approximate surface area is 112 Å². The van der Waals surface area contributed by atoms with Crippen molar-refractivity contribution in [1.29, 1.82) is 0 Å². The van der Waals surface area contributed by atoms with Gasteiger partial charge in [0.15, 0.2) is 0 Å². The lowest BCUT2D eigenvalue weighted by Gasteiger charge is -2.32. The minimum atomic E-state index is 0.575. The summed E-state index contributed by atoms with van der Waals surface area (Å²) in [4.78, 5) is 0. The van der Waals surface area contributed by atoms with Gasteiger partial charge in [-0.3, -0.25) is 0 Å². The average Bonchev–Trinajstić information content (AvgIpc) is 2.42. The first-order valence-corrected chi connectivity index (χ1v) is 7.62. The molecule has 0 radical (unpaired) electrons.